The van der Waals surface area contributed by atoms with Gasteiger partial charge in [0.1, 0.15) is 5.75 Å². The quantitative estimate of drug-likeness (QED) is 0.503. The molecule has 2 fully saturated rings. The molecule has 2 aliphatic heterocycles. The zero-order valence-corrected chi connectivity index (χ0v) is 22.4. The number of morpholine rings is 1. The van der Waals surface area contributed by atoms with Crippen LogP contribution in [0.25, 0.3) is 10.9 Å². The Bertz CT molecular complexity index is 1340. The van der Waals surface area contributed by atoms with Crippen LogP contribution in [-0.4, -0.2) is 67.2 Å². The normalized spacial score (nSPS) is 20.4. The van der Waals surface area contributed by atoms with E-state index in [1.165, 1.54) is 0 Å². The standard InChI is InChI=1S/C30H38N4O3/c1-18(2)37-26-16-22-23(17-25(26)34-9-7-20(8-10-34)33-11-13-36-14-12-33)30(3,4)29-27(28(22)35)21-6-5-19(31)15-24(21)32-29/h5-6,15-18,20,32H,7-14,31H2,1-4H3. The van der Waals surface area contributed by atoms with Crippen molar-refractivity contribution >= 4 is 28.1 Å². The topological polar surface area (TPSA) is 83.8 Å². The first-order valence-corrected chi connectivity index (χ1v) is 13.6. The van der Waals surface area contributed by atoms with Gasteiger partial charge in [0.2, 0.25) is 0 Å². The first kappa shape index (κ1) is 24.3. The maximum atomic E-state index is 14.0. The number of piperidine rings is 1. The highest BCUT2D eigenvalue weighted by atomic mass is 16.5. The summed E-state index contributed by atoms with van der Waals surface area (Å²) >= 11 is 0. The zero-order chi connectivity index (χ0) is 25.9. The zero-order valence-electron chi connectivity index (χ0n) is 22.4. The summed E-state index contributed by atoms with van der Waals surface area (Å²) < 4.78 is 11.9. The monoisotopic (exact) mass is 502 g/mol. The van der Waals surface area contributed by atoms with Crippen LogP contribution in [0.2, 0.25) is 0 Å². The molecule has 3 aromatic rings. The molecule has 2 saturated heterocycles. The van der Waals surface area contributed by atoms with Crippen molar-refractivity contribution in [2.75, 3.05) is 50.0 Å². The van der Waals surface area contributed by atoms with E-state index in [1.807, 2.05) is 38.1 Å². The maximum Gasteiger partial charge on any atom is 0.195 e. The van der Waals surface area contributed by atoms with Crippen LogP contribution in [0.4, 0.5) is 11.4 Å². The molecule has 0 bridgehead atoms. The molecule has 196 valence electrons. The number of H-pyrrole nitrogens is 1. The molecule has 3 aliphatic rings. The van der Waals surface area contributed by atoms with E-state index in [1.54, 1.807) is 0 Å². The predicted octanol–water partition coefficient (Wildman–Crippen LogP) is 4.71. The number of anilines is 2. The second-order valence-corrected chi connectivity index (χ2v) is 11.5. The second kappa shape index (κ2) is 9.07. The van der Waals surface area contributed by atoms with Gasteiger partial charge in [0.15, 0.2) is 5.78 Å². The summed E-state index contributed by atoms with van der Waals surface area (Å²) in [5.41, 5.74) is 11.9. The van der Waals surface area contributed by atoms with Crippen molar-refractivity contribution in [2.24, 2.45) is 0 Å². The third-order valence-corrected chi connectivity index (χ3v) is 8.42. The van der Waals surface area contributed by atoms with Gasteiger partial charge in [-0.3, -0.25) is 9.69 Å². The van der Waals surface area contributed by atoms with E-state index in [-0.39, 0.29) is 17.3 Å². The molecule has 0 spiro atoms. The van der Waals surface area contributed by atoms with Crippen molar-refractivity contribution in [3.8, 4) is 5.75 Å². The second-order valence-electron chi connectivity index (χ2n) is 11.5. The number of nitrogen functional groups attached to an aromatic ring is 1. The van der Waals surface area contributed by atoms with Crippen molar-refractivity contribution in [3.63, 3.8) is 0 Å². The minimum Gasteiger partial charge on any atom is -0.489 e. The number of fused-ring (bicyclic) bond motifs is 4. The molecule has 1 aliphatic carbocycles. The first-order chi connectivity index (χ1) is 17.7. The lowest BCUT2D eigenvalue weighted by molar-refractivity contribution is 0.0115. The number of nitrogens with zero attached hydrogens (tertiary/aromatic N) is 2. The van der Waals surface area contributed by atoms with Crippen LogP contribution in [0.15, 0.2) is 30.3 Å². The van der Waals surface area contributed by atoms with Gasteiger partial charge in [0.05, 0.1) is 30.6 Å². The SMILES string of the molecule is CC(C)Oc1cc2c(cc1N1CCC(N3CCOCC3)CC1)C(C)(C)c1[nH]c3cc(N)ccc3c1C2=O. The number of carbonyl (C=O) groups excluding carboxylic acids is 1. The summed E-state index contributed by atoms with van der Waals surface area (Å²) in [7, 11) is 0. The molecule has 3 heterocycles. The smallest absolute Gasteiger partial charge is 0.195 e. The number of benzene rings is 2. The Hall–Kier alpha value is -3.03. The number of nitrogens with two attached hydrogens (primary N) is 1. The van der Waals surface area contributed by atoms with Crippen molar-refractivity contribution in [1.29, 1.82) is 0 Å². The van der Waals surface area contributed by atoms with E-state index in [0.29, 0.717) is 11.7 Å². The average Bonchev–Trinajstić information content (AvgIpc) is 3.27. The third kappa shape index (κ3) is 4.09. The number of ketones is 1. The molecule has 6 rings (SSSR count). The molecule has 1 aromatic heterocycles. The van der Waals surface area contributed by atoms with E-state index in [9.17, 15) is 4.79 Å². The highest BCUT2D eigenvalue weighted by Gasteiger charge is 2.41. The van der Waals surface area contributed by atoms with Crippen LogP contribution in [0.5, 0.6) is 5.75 Å². The molecule has 0 radical (unpaired) electrons. The van der Waals surface area contributed by atoms with Crippen molar-refractivity contribution < 1.29 is 14.3 Å². The van der Waals surface area contributed by atoms with Crippen LogP contribution in [0.3, 0.4) is 0 Å². The lowest BCUT2D eigenvalue weighted by Crippen LogP contribution is -2.49. The summed E-state index contributed by atoms with van der Waals surface area (Å²) in [5.74, 6) is 0.849. The van der Waals surface area contributed by atoms with Crippen molar-refractivity contribution in [2.45, 2.75) is 58.1 Å². The molecule has 0 saturated carbocycles. The molecular formula is C30H38N4O3. The van der Waals surface area contributed by atoms with Gasteiger partial charge in [-0.05, 0) is 56.5 Å². The average molecular weight is 503 g/mol. The Labute approximate surface area is 218 Å². The Morgan fingerprint density at radius 3 is 2.51 bits per heavy atom. The number of carbonyl (C=O) groups is 1. The van der Waals surface area contributed by atoms with Crippen molar-refractivity contribution in [3.05, 3.63) is 52.7 Å². The molecule has 0 atom stereocenters. The van der Waals surface area contributed by atoms with Gasteiger partial charge in [-0.25, -0.2) is 0 Å². The maximum absolute atomic E-state index is 14.0. The van der Waals surface area contributed by atoms with Crippen LogP contribution in [0, 0.1) is 0 Å². The Morgan fingerprint density at radius 1 is 1.08 bits per heavy atom. The number of hydrogen-bond acceptors (Lipinski definition) is 6. The van der Waals surface area contributed by atoms with E-state index in [2.05, 4.69) is 34.7 Å². The Morgan fingerprint density at radius 2 is 1.81 bits per heavy atom. The van der Waals surface area contributed by atoms with Crippen LogP contribution in [0.1, 0.15) is 67.7 Å². The van der Waals surface area contributed by atoms with E-state index in [4.69, 9.17) is 15.2 Å². The molecule has 7 nitrogen and oxygen atoms in total. The van der Waals surface area contributed by atoms with Gasteiger partial charge < -0.3 is 25.1 Å². The lowest BCUT2D eigenvalue weighted by atomic mass is 9.71. The minimum atomic E-state index is -0.371. The minimum absolute atomic E-state index is 0.0148. The largest absolute Gasteiger partial charge is 0.489 e. The molecule has 37 heavy (non-hydrogen) atoms. The van der Waals surface area contributed by atoms with Gasteiger partial charge in [0, 0.05) is 65.5 Å². The number of aromatic nitrogens is 1. The van der Waals surface area contributed by atoms with Gasteiger partial charge in [-0.2, -0.15) is 0 Å². The molecular weight excluding hydrogens is 464 g/mol. The molecule has 0 amide bonds. The van der Waals surface area contributed by atoms with Gasteiger partial charge in [-0.1, -0.05) is 19.9 Å². The lowest BCUT2D eigenvalue weighted by Gasteiger charge is -2.42. The van der Waals surface area contributed by atoms with Crippen LogP contribution < -0.4 is 15.4 Å². The number of hydrogen-bond donors (Lipinski definition) is 2. The fourth-order valence-corrected chi connectivity index (χ4v) is 6.47. The third-order valence-electron chi connectivity index (χ3n) is 8.42. The van der Waals surface area contributed by atoms with E-state index in [0.717, 1.165) is 97.0 Å². The number of nitrogens with one attached hydrogen (secondary N) is 1. The molecule has 0 unspecified atom stereocenters. The molecule has 2 aromatic carbocycles. The van der Waals surface area contributed by atoms with E-state index >= 15 is 0 Å². The van der Waals surface area contributed by atoms with E-state index < -0.39 is 0 Å². The predicted molar refractivity (Wildman–Crippen MR) is 148 cm³/mol. The summed E-state index contributed by atoms with van der Waals surface area (Å²) in [5, 5.41) is 0.925. The summed E-state index contributed by atoms with van der Waals surface area (Å²) in [6.45, 7) is 14.2. The number of rotatable bonds is 4. The highest BCUT2D eigenvalue weighted by Crippen LogP contribution is 2.47. The van der Waals surface area contributed by atoms with Crippen molar-refractivity contribution in [1.82, 2.24) is 9.88 Å². The van der Waals surface area contributed by atoms with Gasteiger partial charge in [0.25, 0.3) is 0 Å². The fourth-order valence-electron chi connectivity index (χ4n) is 6.47. The fraction of sp³-hybridized carbons (Fsp3) is 0.500. The van der Waals surface area contributed by atoms with Crippen LogP contribution in [-0.2, 0) is 10.2 Å². The first-order valence-electron chi connectivity index (χ1n) is 13.6. The van der Waals surface area contributed by atoms with Gasteiger partial charge >= 0.3 is 0 Å². The summed E-state index contributed by atoms with van der Waals surface area (Å²) in [6, 6.07) is 10.6. The summed E-state index contributed by atoms with van der Waals surface area (Å²) in [6.07, 6.45) is 2.25. The Balaban J connectivity index is 1.39. The Kier molecular flexibility index (Phi) is 5.96. The highest BCUT2D eigenvalue weighted by molar-refractivity contribution is 6.20. The van der Waals surface area contributed by atoms with Gasteiger partial charge in [-0.15, -0.1) is 0 Å². The summed E-state index contributed by atoms with van der Waals surface area (Å²) in [4.78, 5) is 22.6. The molecule has 3 N–H and O–H groups in total. The molecule has 7 heteroatoms. The van der Waals surface area contributed by atoms with Crippen LogP contribution >= 0.6 is 0 Å². The number of ether oxygens (including phenoxy) is 2. The number of aromatic amines is 1.